The highest BCUT2D eigenvalue weighted by Gasteiger charge is 2.27. The van der Waals surface area contributed by atoms with Gasteiger partial charge in [-0.05, 0) is 38.5 Å². The van der Waals surface area contributed by atoms with Crippen molar-refractivity contribution in [2.24, 2.45) is 0 Å². The molecular weight excluding hydrogens is 416 g/mol. The van der Waals surface area contributed by atoms with Crippen LogP contribution in [-0.2, 0) is 4.74 Å². The molecule has 0 spiro atoms. The second kappa shape index (κ2) is 24.4. The predicted octanol–water partition coefficient (Wildman–Crippen LogP) is 5.84. The van der Waals surface area contributed by atoms with Gasteiger partial charge in [0.15, 0.2) is 0 Å². The van der Waals surface area contributed by atoms with Crippen molar-refractivity contribution in [2.75, 3.05) is 13.2 Å². The molecule has 5 heteroatoms. The van der Waals surface area contributed by atoms with Crippen molar-refractivity contribution in [3.8, 4) is 0 Å². The van der Waals surface area contributed by atoms with E-state index in [2.05, 4.69) is 13.2 Å². The predicted molar refractivity (Wildman–Crippen MR) is 138 cm³/mol. The third-order valence-electron chi connectivity index (χ3n) is 6.38. The summed E-state index contributed by atoms with van der Waals surface area (Å²) in [7, 11) is 0. The monoisotopic (exact) mass is 470 g/mol. The fourth-order valence-electron chi connectivity index (χ4n) is 4.20. The van der Waals surface area contributed by atoms with Gasteiger partial charge in [-0.1, -0.05) is 89.2 Å². The van der Waals surface area contributed by atoms with E-state index in [1.54, 1.807) is 0 Å². The van der Waals surface area contributed by atoms with Gasteiger partial charge in [0.25, 0.3) is 0 Å². The number of aliphatic hydroxyl groups is 4. The molecule has 196 valence electrons. The minimum Gasteiger partial charge on any atom is -0.394 e. The molecule has 0 aliphatic heterocycles. The van der Waals surface area contributed by atoms with Crippen LogP contribution in [-0.4, -0.2) is 58.1 Å². The second-order valence-electron chi connectivity index (χ2n) is 9.39. The molecule has 0 aromatic carbocycles. The van der Waals surface area contributed by atoms with Gasteiger partial charge in [0, 0.05) is 0 Å². The molecule has 0 saturated heterocycles. The van der Waals surface area contributed by atoms with Crippen LogP contribution in [0.5, 0.6) is 0 Å². The maximum absolute atomic E-state index is 10.2. The average molecular weight is 471 g/mol. The van der Waals surface area contributed by atoms with Crippen LogP contribution in [0.25, 0.3) is 0 Å². The smallest absolute Gasteiger partial charge is 0.103 e. The molecule has 5 nitrogen and oxygen atoms in total. The zero-order valence-corrected chi connectivity index (χ0v) is 21.2. The van der Waals surface area contributed by atoms with Crippen molar-refractivity contribution in [3.05, 3.63) is 25.3 Å². The second-order valence-corrected chi connectivity index (χ2v) is 9.39. The zero-order chi connectivity index (χ0) is 24.6. The number of allylic oxidation sites excluding steroid dienone is 2. The zero-order valence-electron chi connectivity index (χ0n) is 21.2. The number of rotatable bonds is 26. The van der Waals surface area contributed by atoms with E-state index in [0.717, 1.165) is 51.4 Å². The molecule has 4 N–H and O–H groups in total. The first kappa shape index (κ1) is 32.3. The van der Waals surface area contributed by atoms with Crippen LogP contribution in [0.3, 0.4) is 0 Å². The van der Waals surface area contributed by atoms with E-state index in [9.17, 15) is 20.4 Å². The third kappa shape index (κ3) is 19.3. The first-order chi connectivity index (χ1) is 16.1. The summed E-state index contributed by atoms with van der Waals surface area (Å²) in [6.45, 7) is 6.78. The quantitative estimate of drug-likeness (QED) is 0.0942. The first-order valence-corrected chi connectivity index (χ1v) is 13.6. The maximum Gasteiger partial charge on any atom is 0.103 e. The Bertz CT molecular complexity index is 391. The Balaban J connectivity index is 4.24. The van der Waals surface area contributed by atoms with E-state index < -0.39 is 24.4 Å². The first-order valence-electron chi connectivity index (χ1n) is 13.6. The van der Waals surface area contributed by atoms with Gasteiger partial charge < -0.3 is 25.2 Å². The van der Waals surface area contributed by atoms with Crippen LogP contribution in [0.1, 0.15) is 116 Å². The lowest BCUT2D eigenvalue weighted by Crippen LogP contribution is -2.41. The van der Waals surface area contributed by atoms with Crippen molar-refractivity contribution < 1.29 is 25.2 Å². The van der Waals surface area contributed by atoms with Crippen LogP contribution < -0.4 is 0 Å². The molecule has 0 aromatic rings. The average Bonchev–Trinajstić information content (AvgIpc) is 2.83. The lowest BCUT2D eigenvalue weighted by Gasteiger charge is -2.30. The highest BCUT2D eigenvalue weighted by atomic mass is 16.5. The van der Waals surface area contributed by atoms with Crippen LogP contribution in [0.2, 0.25) is 0 Å². The Morgan fingerprint density at radius 1 is 0.515 bits per heavy atom. The summed E-state index contributed by atoms with van der Waals surface area (Å²) in [5, 5.41) is 39.4. The lowest BCUT2D eigenvalue weighted by atomic mass is 10.0. The molecule has 0 aliphatic rings. The Labute approximate surface area is 204 Å². The summed E-state index contributed by atoms with van der Waals surface area (Å²) >= 11 is 0. The maximum atomic E-state index is 10.2. The largest absolute Gasteiger partial charge is 0.394 e. The number of ether oxygens (including phenoxy) is 1. The molecule has 0 heterocycles. The Morgan fingerprint density at radius 2 is 0.818 bits per heavy atom. The van der Waals surface area contributed by atoms with Crippen molar-refractivity contribution in [2.45, 2.75) is 140 Å². The van der Waals surface area contributed by atoms with Gasteiger partial charge in [0.2, 0.25) is 0 Å². The van der Waals surface area contributed by atoms with Crippen molar-refractivity contribution in [1.29, 1.82) is 0 Å². The van der Waals surface area contributed by atoms with E-state index in [1.165, 1.54) is 51.4 Å². The Morgan fingerprint density at radius 3 is 1.12 bits per heavy atom. The normalized spacial score (nSPS) is 15.2. The van der Waals surface area contributed by atoms with Crippen molar-refractivity contribution in [3.63, 3.8) is 0 Å². The SMILES string of the molecule is C=CCCCCCCCCCC(OC(CCCCCCCCCC=C)C(O)CO)C(O)CO. The summed E-state index contributed by atoms with van der Waals surface area (Å²) in [6, 6.07) is 0. The summed E-state index contributed by atoms with van der Waals surface area (Å²) in [4.78, 5) is 0. The van der Waals surface area contributed by atoms with Gasteiger partial charge in [-0.3, -0.25) is 0 Å². The molecular formula is C28H54O5. The highest BCUT2D eigenvalue weighted by molar-refractivity contribution is 4.76. The number of aliphatic hydroxyl groups excluding tert-OH is 4. The molecule has 0 rings (SSSR count). The molecule has 0 radical (unpaired) electrons. The number of hydrogen-bond acceptors (Lipinski definition) is 5. The van der Waals surface area contributed by atoms with Crippen LogP contribution in [0, 0.1) is 0 Å². The Kier molecular flexibility index (Phi) is 23.9. The Hall–Kier alpha value is -0.720. The molecule has 0 saturated carbocycles. The van der Waals surface area contributed by atoms with Crippen molar-refractivity contribution in [1.82, 2.24) is 0 Å². The summed E-state index contributed by atoms with van der Waals surface area (Å²) in [5.74, 6) is 0. The van der Waals surface area contributed by atoms with Gasteiger partial charge in [-0.2, -0.15) is 0 Å². The molecule has 0 aliphatic carbocycles. The van der Waals surface area contributed by atoms with Gasteiger partial charge in [0.1, 0.15) is 12.2 Å². The fraction of sp³-hybridized carbons (Fsp3) is 0.857. The minimum atomic E-state index is -0.965. The molecule has 0 amide bonds. The lowest BCUT2D eigenvalue weighted by molar-refractivity contribution is -0.137. The summed E-state index contributed by atoms with van der Waals surface area (Å²) in [6.07, 6.45) is 20.6. The third-order valence-corrected chi connectivity index (χ3v) is 6.38. The summed E-state index contributed by atoms with van der Waals surface area (Å²) < 4.78 is 6.06. The summed E-state index contributed by atoms with van der Waals surface area (Å²) in [5.41, 5.74) is 0. The molecule has 4 atom stereocenters. The van der Waals surface area contributed by atoms with Gasteiger partial charge in [-0.15, -0.1) is 13.2 Å². The molecule has 0 bridgehead atoms. The van der Waals surface area contributed by atoms with Crippen LogP contribution >= 0.6 is 0 Å². The molecule has 4 unspecified atom stereocenters. The highest BCUT2D eigenvalue weighted by Crippen LogP contribution is 2.20. The van der Waals surface area contributed by atoms with Gasteiger partial charge in [0.05, 0.1) is 25.4 Å². The van der Waals surface area contributed by atoms with E-state index in [4.69, 9.17) is 4.74 Å². The van der Waals surface area contributed by atoms with Crippen molar-refractivity contribution >= 4 is 0 Å². The minimum absolute atomic E-state index is 0.359. The van der Waals surface area contributed by atoms with Gasteiger partial charge >= 0.3 is 0 Å². The molecule has 0 aromatic heterocycles. The van der Waals surface area contributed by atoms with Crippen LogP contribution in [0.15, 0.2) is 25.3 Å². The molecule has 0 fully saturated rings. The van der Waals surface area contributed by atoms with E-state index in [1.807, 2.05) is 12.2 Å². The fourth-order valence-corrected chi connectivity index (χ4v) is 4.20. The number of hydrogen-bond donors (Lipinski definition) is 4. The van der Waals surface area contributed by atoms with Gasteiger partial charge in [-0.25, -0.2) is 0 Å². The van der Waals surface area contributed by atoms with E-state index >= 15 is 0 Å². The van der Waals surface area contributed by atoms with Crippen LogP contribution in [0.4, 0.5) is 0 Å². The van der Waals surface area contributed by atoms with E-state index in [-0.39, 0.29) is 13.2 Å². The topological polar surface area (TPSA) is 90.2 Å². The molecule has 33 heavy (non-hydrogen) atoms. The standard InChI is InChI=1S/C28H54O5/c1-3-5-7-9-11-13-15-17-19-21-27(25(31)23-29)33-28(26(32)24-30)22-20-18-16-14-12-10-8-6-4-2/h3-4,25-32H,1-2,5-24H2. The number of unbranched alkanes of at least 4 members (excludes halogenated alkanes) is 14. The van der Waals surface area contributed by atoms with E-state index in [0.29, 0.717) is 12.8 Å².